The second-order valence-electron chi connectivity index (χ2n) is 6.78. The summed E-state index contributed by atoms with van der Waals surface area (Å²) in [6.45, 7) is 6.94. The Bertz CT molecular complexity index is 901. The van der Waals surface area contributed by atoms with Crippen LogP contribution in [0.1, 0.15) is 36.7 Å². The van der Waals surface area contributed by atoms with Crippen molar-refractivity contribution in [3.05, 3.63) is 65.0 Å². The number of aryl methyl sites for hydroxylation is 1. The molecule has 4 nitrogen and oxygen atoms in total. The van der Waals surface area contributed by atoms with Crippen molar-refractivity contribution < 1.29 is 9.53 Å². The smallest absolute Gasteiger partial charge is 0.257 e. The monoisotopic (exact) mass is 380 g/mol. The van der Waals surface area contributed by atoms with Crippen LogP contribution in [0.25, 0.3) is 11.3 Å². The van der Waals surface area contributed by atoms with Gasteiger partial charge in [0, 0.05) is 16.5 Å². The minimum Gasteiger partial charge on any atom is -0.493 e. The van der Waals surface area contributed by atoms with Gasteiger partial charge in [-0.05, 0) is 36.1 Å². The molecule has 0 aliphatic heterocycles. The molecule has 2 aromatic carbocycles. The van der Waals surface area contributed by atoms with Gasteiger partial charge in [0.15, 0.2) is 5.13 Å². The first-order valence-electron chi connectivity index (χ1n) is 9.14. The minimum absolute atomic E-state index is 0.188. The van der Waals surface area contributed by atoms with Gasteiger partial charge in [0.1, 0.15) is 5.75 Å². The van der Waals surface area contributed by atoms with Gasteiger partial charge in [0.05, 0.1) is 12.3 Å². The molecule has 0 aliphatic carbocycles. The van der Waals surface area contributed by atoms with Crippen molar-refractivity contribution in [3.63, 3.8) is 0 Å². The van der Waals surface area contributed by atoms with Gasteiger partial charge < -0.3 is 4.74 Å². The number of rotatable bonds is 7. The molecule has 0 spiro atoms. The molecule has 0 atom stereocenters. The molecule has 3 rings (SSSR count). The second kappa shape index (κ2) is 8.82. The van der Waals surface area contributed by atoms with Crippen molar-refractivity contribution >= 4 is 22.4 Å². The summed E-state index contributed by atoms with van der Waals surface area (Å²) in [6, 6.07) is 15.6. The first kappa shape index (κ1) is 19.1. The summed E-state index contributed by atoms with van der Waals surface area (Å²) >= 11 is 1.42. The fourth-order valence-corrected chi connectivity index (χ4v) is 3.25. The number of carbonyl (C=O) groups excluding carboxylic acids is 1. The van der Waals surface area contributed by atoms with Gasteiger partial charge in [-0.15, -0.1) is 11.3 Å². The number of benzene rings is 2. The summed E-state index contributed by atoms with van der Waals surface area (Å²) < 4.78 is 5.70. The number of nitrogens with zero attached hydrogens (tertiary/aromatic N) is 1. The van der Waals surface area contributed by atoms with Crippen LogP contribution in [0.5, 0.6) is 5.75 Å². The maximum absolute atomic E-state index is 12.5. The van der Waals surface area contributed by atoms with E-state index in [1.54, 1.807) is 12.1 Å². The summed E-state index contributed by atoms with van der Waals surface area (Å²) in [5.74, 6) is 0.946. The molecular formula is C22H24N2O2S. The first-order chi connectivity index (χ1) is 13.0. The number of hydrogen-bond acceptors (Lipinski definition) is 4. The van der Waals surface area contributed by atoms with Crippen LogP contribution in [-0.4, -0.2) is 17.5 Å². The maximum Gasteiger partial charge on any atom is 0.257 e. The highest BCUT2D eigenvalue weighted by Crippen LogP contribution is 2.26. The van der Waals surface area contributed by atoms with Crippen molar-refractivity contribution in [3.8, 4) is 17.0 Å². The number of nitrogens with one attached hydrogen (secondary N) is 1. The zero-order chi connectivity index (χ0) is 19.2. The zero-order valence-electron chi connectivity index (χ0n) is 15.9. The standard InChI is InChI=1S/C22H24N2O2S/c1-4-16-8-10-17(11-9-16)20-14-27-22(23-20)24-21(25)18-6-5-7-19(12-18)26-13-15(2)3/h5-12,14-15H,4,13H2,1-3H3,(H,23,24,25). The number of hydrogen-bond donors (Lipinski definition) is 1. The lowest BCUT2D eigenvalue weighted by Crippen LogP contribution is -2.12. The lowest BCUT2D eigenvalue weighted by Gasteiger charge is -2.09. The highest BCUT2D eigenvalue weighted by atomic mass is 32.1. The van der Waals surface area contributed by atoms with E-state index >= 15 is 0 Å². The van der Waals surface area contributed by atoms with Crippen LogP contribution in [0.4, 0.5) is 5.13 Å². The lowest BCUT2D eigenvalue weighted by atomic mass is 10.1. The summed E-state index contributed by atoms with van der Waals surface area (Å²) in [5, 5.41) is 5.42. The molecule has 0 aliphatic rings. The van der Waals surface area contributed by atoms with Gasteiger partial charge in [-0.1, -0.05) is 51.1 Å². The van der Waals surface area contributed by atoms with Crippen LogP contribution in [0.2, 0.25) is 0 Å². The SMILES string of the molecule is CCc1ccc(-c2csc(NC(=O)c3cccc(OCC(C)C)c3)n2)cc1. The Morgan fingerprint density at radius 1 is 1.19 bits per heavy atom. The van der Waals surface area contributed by atoms with Gasteiger partial charge in [-0.2, -0.15) is 0 Å². The number of aromatic nitrogens is 1. The number of amides is 1. The van der Waals surface area contributed by atoms with E-state index in [-0.39, 0.29) is 5.91 Å². The topological polar surface area (TPSA) is 51.2 Å². The van der Waals surface area contributed by atoms with Crippen LogP contribution < -0.4 is 10.1 Å². The van der Waals surface area contributed by atoms with E-state index in [1.165, 1.54) is 16.9 Å². The Morgan fingerprint density at radius 3 is 2.67 bits per heavy atom. The fraction of sp³-hybridized carbons (Fsp3) is 0.273. The Labute approximate surface area is 164 Å². The Balaban J connectivity index is 1.67. The van der Waals surface area contributed by atoms with Crippen LogP contribution in [0.3, 0.4) is 0 Å². The third-order valence-corrected chi connectivity index (χ3v) is 4.82. The van der Waals surface area contributed by atoms with Crippen molar-refractivity contribution in [1.82, 2.24) is 4.98 Å². The number of carbonyl (C=O) groups is 1. The summed E-state index contributed by atoms with van der Waals surface area (Å²) in [6.07, 6.45) is 1.01. The molecule has 1 amide bonds. The van der Waals surface area contributed by atoms with E-state index in [4.69, 9.17) is 4.74 Å². The summed E-state index contributed by atoms with van der Waals surface area (Å²) in [5.41, 5.74) is 3.77. The molecule has 0 radical (unpaired) electrons. The number of thiazole rings is 1. The molecule has 27 heavy (non-hydrogen) atoms. The molecule has 1 aromatic heterocycles. The molecule has 3 aromatic rings. The van der Waals surface area contributed by atoms with E-state index in [0.717, 1.165) is 17.7 Å². The predicted octanol–water partition coefficient (Wildman–Crippen LogP) is 5.66. The van der Waals surface area contributed by atoms with Gasteiger partial charge in [0.2, 0.25) is 0 Å². The highest BCUT2D eigenvalue weighted by molar-refractivity contribution is 7.14. The first-order valence-corrected chi connectivity index (χ1v) is 10.0. The molecule has 1 heterocycles. The van der Waals surface area contributed by atoms with E-state index in [0.29, 0.717) is 29.0 Å². The Morgan fingerprint density at radius 2 is 1.96 bits per heavy atom. The van der Waals surface area contributed by atoms with E-state index in [1.807, 2.05) is 17.5 Å². The van der Waals surface area contributed by atoms with Crippen molar-refractivity contribution in [1.29, 1.82) is 0 Å². The average Bonchev–Trinajstić information content (AvgIpc) is 3.15. The molecule has 140 valence electrons. The zero-order valence-corrected chi connectivity index (χ0v) is 16.7. The molecule has 0 bridgehead atoms. The maximum atomic E-state index is 12.5. The molecular weight excluding hydrogens is 356 g/mol. The Kier molecular flexibility index (Phi) is 6.24. The fourth-order valence-electron chi connectivity index (χ4n) is 2.53. The molecule has 0 saturated heterocycles. The van der Waals surface area contributed by atoms with Gasteiger partial charge >= 0.3 is 0 Å². The van der Waals surface area contributed by atoms with Crippen molar-refractivity contribution in [2.45, 2.75) is 27.2 Å². The minimum atomic E-state index is -0.188. The van der Waals surface area contributed by atoms with Gasteiger partial charge in [-0.3, -0.25) is 10.1 Å². The average molecular weight is 381 g/mol. The van der Waals surface area contributed by atoms with E-state index in [2.05, 4.69) is 55.3 Å². The number of ether oxygens (including phenoxy) is 1. The number of anilines is 1. The predicted molar refractivity (Wildman–Crippen MR) is 112 cm³/mol. The highest BCUT2D eigenvalue weighted by Gasteiger charge is 2.11. The summed E-state index contributed by atoms with van der Waals surface area (Å²) in [7, 11) is 0. The second-order valence-corrected chi connectivity index (χ2v) is 7.63. The van der Waals surface area contributed by atoms with Crippen LogP contribution in [0.15, 0.2) is 53.9 Å². The third kappa shape index (κ3) is 5.17. The van der Waals surface area contributed by atoms with Crippen LogP contribution in [-0.2, 0) is 6.42 Å². The summed E-state index contributed by atoms with van der Waals surface area (Å²) in [4.78, 5) is 17.1. The Hall–Kier alpha value is -2.66. The van der Waals surface area contributed by atoms with Gasteiger partial charge in [0.25, 0.3) is 5.91 Å². The van der Waals surface area contributed by atoms with Crippen LogP contribution in [0, 0.1) is 5.92 Å². The molecule has 0 saturated carbocycles. The van der Waals surface area contributed by atoms with E-state index < -0.39 is 0 Å². The molecule has 5 heteroatoms. The van der Waals surface area contributed by atoms with Crippen molar-refractivity contribution in [2.24, 2.45) is 5.92 Å². The largest absolute Gasteiger partial charge is 0.493 e. The van der Waals surface area contributed by atoms with Gasteiger partial charge in [-0.25, -0.2) is 4.98 Å². The third-order valence-electron chi connectivity index (χ3n) is 4.06. The van der Waals surface area contributed by atoms with Crippen molar-refractivity contribution in [2.75, 3.05) is 11.9 Å². The van der Waals surface area contributed by atoms with Crippen LogP contribution >= 0.6 is 11.3 Å². The molecule has 0 unspecified atom stereocenters. The lowest BCUT2D eigenvalue weighted by molar-refractivity contribution is 0.102. The molecule has 0 fully saturated rings. The quantitative estimate of drug-likeness (QED) is 0.575. The van der Waals surface area contributed by atoms with E-state index in [9.17, 15) is 4.79 Å². The normalized spacial score (nSPS) is 10.8. The molecule has 1 N–H and O–H groups in total.